The summed E-state index contributed by atoms with van der Waals surface area (Å²) in [5.41, 5.74) is 9.51. The molecule has 2 aromatic rings. The second-order valence-corrected chi connectivity index (χ2v) is 8.62. The van der Waals surface area contributed by atoms with E-state index in [0.717, 1.165) is 18.4 Å². The molecule has 0 bridgehead atoms. The molecule has 0 amide bonds. The van der Waals surface area contributed by atoms with E-state index in [9.17, 15) is 5.11 Å². The van der Waals surface area contributed by atoms with Crippen LogP contribution in [0.5, 0.6) is 0 Å². The van der Waals surface area contributed by atoms with Gasteiger partial charge in [0.2, 0.25) is 0 Å². The predicted octanol–water partition coefficient (Wildman–Crippen LogP) is 6.80. The van der Waals surface area contributed by atoms with E-state index in [4.69, 9.17) is 0 Å². The Bertz CT molecular complexity index is 884. The summed E-state index contributed by atoms with van der Waals surface area (Å²) in [5, 5.41) is 14.8. The summed E-state index contributed by atoms with van der Waals surface area (Å²) in [4.78, 5) is 0. The monoisotopic (exact) mass is 377 g/mol. The molecule has 0 unspecified atom stereocenters. The molecule has 28 heavy (non-hydrogen) atoms. The van der Waals surface area contributed by atoms with Gasteiger partial charge in [-0.15, -0.1) is 0 Å². The third kappa shape index (κ3) is 3.63. The summed E-state index contributed by atoms with van der Waals surface area (Å²) in [5.74, 6) is 0.527. The molecule has 1 aliphatic carbocycles. The molecule has 0 spiro atoms. The zero-order valence-corrected chi connectivity index (χ0v) is 18.4. The summed E-state index contributed by atoms with van der Waals surface area (Å²) < 4.78 is 0. The van der Waals surface area contributed by atoms with E-state index in [-0.39, 0.29) is 5.54 Å². The van der Waals surface area contributed by atoms with Gasteiger partial charge in [-0.3, -0.25) is 0 Å². The normalized spacial score (nSPS) is 17.4. The van der Waals surface area contributed by atoms with Crippen molar-refractivity contribution in [2.45, 2.75) is 72.3 Å². The second kappa shape index (κ2) is 8.13. The highest BCUT2D eigenvalue weighted by Crippen LogP contribution is 2.40. The van der Waals surface area contributed by atoms with Gasteiger partial charge in [0.05, 0.1) is 5.54 Å². The Morgan fingerprint density at radius 2 is 1.54 bits per heavy atom. The fourth-order valence-electron chi connectivity index (χ4n) is 5.16. The third-order valence-electron chi connectivity index (χ3n) is 6.68. The minimum Gasteiger partial charge on any atom is -0.510 e. The minimum atomic E-state index is -0.282. The van der Waals surface area contributed by atoms with Crippen LogP contribution in [0.1, 0.15) is 66.8 Å². The Morgan fingerprint density at radius 1 is 0.929 bits per heavy atom. The Hall–Kier alpha value is -2.06. The van der Waals surface area contributed by atoms with Gasteiger partial charge in [0.1, 0.15) is 5.76 Å². The summed E-state index contributed by atoms with van der Waals surface area (Å²) >= 11 is 0. The lowest BCUT2D eigenvalue weighted by Gasteiger charge is -2.38. The van der Waals surface area contributed by atoms with Gasteiger partial charge in [-0.05, 0) is 93.5 Å². The van der Waals surface area contributed by atoms with Crippen LogP contribution in [-0.4, -0.2) is 17.7 Å². The molecule has 1 aliphatic rings. The highest BCUT2D eigenvalue weighted by atomic mass is 16.3. The quantitative estimate of drug-likeness (QED) is 0.574. The van der Waals surface area contributed by atoms with Gasteiger partial charge in [0.15, 0.2) is 0 Å². The second-order valence-electron chi connectivity index (χ2n) is 8.62. The number of aliphatic hydroxyl groups is 1. The van der Waals surface area contributed by atoms with Crippen molar-refractivity contribution in [1.29, 1.82) is 0 Å². The fraction of sp³-hybridized carbons (Fsp3) is 0.462. The maximum absolute atomic E-state index is 11.4. The lowest BCUT2D eigenvalue weighted by atomic mass is 9.77. The highest BCUT2D eigenvalue weighted by molar-refractivity contribution is 5.81. The van der Waals surface area contributed by atoms with Crippen molar-refractivity contribution in [3.05, 3.63) is 63.9 Å². The Morgan fingerprint density at radius 3 is 2.11 bits per heavy atom. The standard InChI is InChI=1S/C26H35NO/c1-17-10-12-22(13-11-17)24-19(3)16-18(2)23(20(24)4)21(5)25(28)26(27-6)14-8-7-9-15-26/h10-13,16,27-28H,7-9,14-15H2,1-6H3/b25-21-. The highest BCUT2D eigenvalue weighted by Gasteiger charge is 2.36. The van der Waals surface area contributed by atoms with Crippen LogP contribution in [-0.2, 0) is 0 Å². The van der Waals surface area contributed by atoms with Crippen molar-refractivity contribution in [2.75, 3.05) is 7.05 Å². The van der Waals surface area contributed by atoms with Crippen molar-refractivity contribution in [3.63, 3.8) is 0 Å². The van der Waals surface area contributed by atoms with Crippen LogP contribution in [0, 0.1) is 27.7 Å². The molecule has 2 nitrogen and oxygen atoms in total. The fourth-order valence-corrected chi connectivity index (χ4v) is 5.16. The van der Waals surface area contributed by atoms with Crippen LogP contribution >= 0.6 is 0 Å². The first-order chi connectivity index (χ1) is 13.3. The predicted molar refractivity (Wildman–Crippen MR) is 121 cm³/mol. The molecule has 0 atom stereocenters. The zero-order valence-electron chi connectivity index (χ0n) is 18.4. The van der Waals surface area contributed by atoms with Gasteiger partial charge in [-0.2, -0.15) is 0 Å². The van der Waals surface area contributed by atoms with E-state index in [1.807, 2.05) is 7.05 Å². The molecule has 0 heterocycles. The van der Waals surface area contributed by atoms with Gasteiger partial charge in [-0.25, -0.2) is 0 Å². The maximum Gasteiger partial charge on any atom is 0.116 e. The Labute approximate surface area is 170 Å². The Kier molecular flexibility index (Phi) is 6.00. The van der Waals surface area contributed by atoms with Crippen molar-refractivity contribution >= 4 is 5.57 Å². The van der Waals surface area contributed by atoms with E-state index in [1.165, 1.54) is 58.2 Å². The molecule has 0 aromatic heterocycles. The van der Waals surface area contributed by atoms with E-state index in [0.29, 0.717) is 5.76 Å². The number of aryl methyl sites for hydroxylation is 3. The average Bonchev–Trinajstić information content (AvgIpc) is 2.69. The summed E-state index contributed by atoms with van der Waals surface area (Å²) in [6.45, 7) is 10.8. The van der Waals surface area contributed by atoms with Gasteiger partial charge < -0.3 is 10.4 Å². The van der Waals surface area contributed by atoms with E-state index >= 15 is 0 Å². The molecule has 2 N–H and O–H groups in total. The number of rotatable bonds is 4. The van der Waals surface area contributed by atoms with Gasteiger partial charge in [-0.1, -0.05) is 55.2 Å². The number of hydrogen-bond acceptors (Lipinski definition) is 2. The van der Waals surface area contributed by atoms with Gasteiger partial charge >= 0.3 is 0 Å². The van der Waals surface area contributed by atoms with E-state index < -0.39 is 0 Å². The van der Waals surface area contributed by atoms with Crippen LogP contribution in [0.4, 0.5) is 0 Å². The first-order valence-corrected chi connectivity index (χ1v) is 10.6. The molecule has 1 fully saturated rings. The molecule has 0 aliphatic heterocycles. The van der Waals surface area contributed by atoms with Crippen LogP contribution in [0.3, 0.4) is 0 Å². The molecule has 2 heteroatoms. The number of aliphatic hydroxyl groups excluding tert-OH is 1. The SMILES string of the molecule is CNC1(/C(O)=C(\C)c2c(C)cc(C)c(-c3ccc(C)cc3)c2C)CCCCC1. The number of benzene rings is 2. The molecule has 2 aromatic carbocycles. The smallest absolute Gasteiger partial charge is 0.116 e. The zero-order chi connectivity index (χ0) is 20.5. The number of hydrogen-bond donors (Lipinski definition) is 2. The molecular formula is C26H35NO. The van der Waals surface area contributed by atoms with Gasteiger partial charge in [0.25, 0.3) is 0 Å². The molecule has 1 saturated carbocycles. The van der Waals surface area contributed by atoms with E-state index in [1.54, 1.807) is 0 Å². The van der Waals surface area contributed by atoms with Crippen LogP contribution in [0.15, 0.2) is 36.1 Å². The molecule has 0 saturated heterocycles. The first-order valence-electron chi connectivity index (χ1n) is 10.6. The van der Waals surface area contributed by atoms with Crippen LogP contribution in [0.25, 0.3) is 16.7 Å². The number of nitrogens with one attached hydrogen (secondary N) is 1. The largest absolute Gasteiger partial charge is 0.510 e. The topological polar surface area (TPSA) is 32.3 Å². The lowest BCUT2D eigenvalue weighted by Crippen LogP contribution is -2.46. The van der Waals surface area contributed by atoms with Crippen molar-refractivity contribution in [2.24, 2.45) is 0 Å². The van der Waals surface area contributed by atoms with Gasteiger partial charge in [0, 0.05) is 0 Å². The third-order valence-corrected chi connectivity index (χ3v) is 6.68. The first kappa shape index (κ1) is 20.7. The molecule has 3 rings (SSSR count). The summed E-state index contributed by atoms with van der Waals surface area (Å²) in [7, 11) is 1.99. The van der Waals surface area contributed by atoms with Crippen molar-refractivity contribution in [3.8, 4) is 11.1 Å². The number of likely N-dealkylation sites (N-methyl/N-ethyl adjacent to an activating group) is 1. The van der Waals surface area contributed by atoms with Crippen LogP contribution < -0.4 is 5.32 Å². The van der Waals surface area contributed by atoms with Crippen molar-refractivity contribution in [1.82, 2.24) is 5.32 Å². The lowest BCUT2D eigenvalue weighted by molar-refractivity contribution is 0.204. The minimum absolute atomic E-state index is 0.282. The van der Waals surface area contributed by atoms with E-state index in [2.05, 4.69) is 70.3 Å². The number of allylic oxidation sites excluding steroid dienone is 1. The van der Waals surface area contributed by atoms with Crippen molar-refractivity contribution < 1.29 is 5.11 Å². The molecular weight excluding hydrogens is 342 g/mol. The summed E-state index contributed by atoms with van der Waals surface area (Å²) in [6.07, 6.45) is 5.59. The molecule has 150 valence electrons. The maximum atomic E-state index is 11.4. The average molecular weight is 378 g/mol. The Balaban J connectivity index is 2.18. The van der Waals surface area contributed by atoms with Crippen LogP contribution in [0.2, 0.25) is 0 Å². The molecule has 0 radical (unpaired) electrons. The summed E-state index contributed by atoms with van der Waals surface area (Å²) in [6, 6.07) is 11.0.